The fourth-order valence-electron chi connectivity index (χ4n) is 1.60. The van der Waals surface area contributed by atoms with Crippen molar-refractivity contribution < 1.29 is 0 Å². The Balaban J connectivity index is 0.00000324. The lowest BCUT2D eigenvalue weighted by Crippen LogP contribution is -2.47. The highest BCUT2D eigenvalue weighted by Crippen LogP contribution is 2.00. The molecule has 0 spiro atoms. The number of halogens is 1. The molecule has 0 aromatic heterocycles. The van der Waals surface area contributed by atoms with E-state index in [1.807, 2.05) is 6.07 Å². The maximum atomic E-state index is 4.59. The van der Waals surface area contributed by atoms with Gasteiger partial charge in [0.25, 0.3) is 0 Å². The molecule has 0 fully saturated rings. The Morgan fingerprint density at radius 3 is 2.32 bits per heavy atom. The van der Waals surface area contributed by atoms with Crippen LogP contribution in [0.15, 0.2) is 35.3 Å². The maximum absolute atomic E-state index is 4.59. The number of guanidine groups is 1. The van der Waals surface area contributed by atoms with Crippen molar-refractivity contribution in [2.24, 2.45) is 4.99 Å². The molecule has 19 heavy (non-hydrogen) atoms. The van der Waals surface area contributed by atoms with Crippen molar-refractivity contribution >= 4 is 29.9 Å². The van der Waals surface area contributed by atoms with Gasteiger partial charge in [-0.25, -0.2) is 0 Å². The summed E-state index contributed by atoms with van der Waals surface area (Å²) in [7, 11) is 0. The van der Waals surface area contributed by atoms with Gasteiger partial charge in [0.05, 0.1) is 0 Å². The zero-order valence-electron chi connectivity index (χ0n) is 12.4. The monoisotopic (exact) mass is 375 g/mol. The molecular formula is C15H26IN3. The highest BCUT2D eigenvalue weighted by Gasteiger charge is 2.11. The lowest BCUT2D eigenvalue weighted by atomic mass is 10.1. The van der Waals surface area contributed by atoms with Gasteiger partial charge in [0.15, 0.2) is 5.96 Å². The van der Waals surface area contributed by atoms with E-state index in [0.29, 0.717) is 0 Å². The Labute approximate surface area is 134 Å². The van der Waals surface area contributed by atoms with Gasteiger partial charge in [0, 0.05) is 18.6 Å². The van der Waals surface area contributed by atoms with E-state index in [9.17, 15) is 0 Å². The number of nitrogens with zero attached hydrogens (tertiary/aromatic N) is 1. The van der Waals surface area contributed by atoms with Crippen LogP contribution in [-0.2, 0) is 6.42 Å². The Kier molecular flexibility index (Phi) is 8.80. The highest BCUT2D eigenvalue weighted by atomic mass is 127. The van der Waals surface area contributed by atoms with Crippen molar-refractivity contribution in [3.63, 3.8) is 0 Å². The van der Waals surface area contributed by atoms with Crippen molar-refractivity contribution in [3.05, 3.63) is 35.9 Å². The van der Waals surface area contributed by atoms with Gasteiger partial charge in [-0.2, -0.15) is 0 Å². The molecule has 0 saturated heterocycles. The number of hydrogen-bond acceptors (Lipinski definition) is 1. The number of benzene rings is 1. The third-order valence-corrected chi connectivity index (χ3v) is 2.35. The smallest absolute Gasteiger partial charge is 0.191 e. The normalized spacial score (nSPS) is 11.7. The Hall–Kier alpha value is -0.780. The molecule has 1 aromatic rings. The van der Waals surface area contributed by atoms with Crippen LogP contribution in [0.1, 0.15) is 33.3 Å². The van der Waals surface area contributed by atoms with E-state index in [0.717, 1.165) is 25.5 Å². The van der Waals surface area contributed by atoms with Crippen LogP contribution in [0.5, 0.6) is 0 Å². The molecule has 0 aliphatic carbocycles. The standard InChI is InChI=1S/C15H25N3.HI/c1-5-16-14(18-15(2,3)4)17-12-11-13-9-7-6-8-10-13;/h6-10H,5,11-12H2,1-4H3,(H2,16,17,18);1H. The molecule has 2 N–H and O–H groups in total. The van der Waals surface area contributed by atoms with E-state index < -0.39 is 0 Å². The van der Waals surface area contributed by atoms with E-state index >= 15 is 0 Å². The van der Waals surface area contributed by atoms with Crippen molar-refractivity contribution in [2.75, 3.05) is 13.1 Å². The topological polar surface area (TPSA) is 36.4 Å². The Bertz CT molecular complexity index is 369. The first kappa shape index (κ1) is 18.2. The molecule has 108 valence electrons. The second-order valence-electron chi connectivity index (χ2n) is 5.37. The summed E-state index contributed by atoms with van der Waals surface area (Å²) < 4.78 is 0. The van der Waals surface area contributed by atoms with Gasteiger partial charge in [-0.15, -0.1) is 24.0 Å². The van der Waals surface area contributed by atoms with Gasteiger partial charge in [0.2, 0.25) is 0 Å². The second kappa shape index (κ2) is 9.18. The summed E-state index contributed by atoms with van der Waals surface area (Å²) in [4.78, 5) is 4.59. The minimum absolute atomic E-state index is 0. The summed E-state index contributed by atoms with van der Waals surface area (Å²) in [5, 5.41) is 6.65. The largest absolute Gasteiger partial charge is 0.357 e. The highest BCUT2D eigenvalue weighted by molar-refractivity contribution is 14.0. The molecule has 1 aromatic carbocycles. The van der Waals surface area contributed by atoms with Crippen LogP contribution in [0.25, 0.3) is 0 Å². The van der Waals surface area contributed by atoms with Gasteiger partial charge in [-0.1, -0.05) is 30.3 Å². The molecule has 0 saturated carbocycles. The van der Waals surface area contributed by atoms with Crippen LogP contribution in [0.4, 0.5) is 0 Å². The lowest BCUT2D eigenvalue weighted by Gasteiger charge is -2.23. The molecule has 0 aliphatic rings. The molecule has 3 nitrogen and oxygen atoms in total. The van der Waals surface area contributed by atoms with Gasteiger partial charge in [-0.3, -0.25) is 4.99 Å². The molecule has 0 amide bonds. The second-order valence-corrected chi connectivity index (χ2v) is 5.37. The Morgan fingerprint density at radius 2 is 1.79 bits per heavy atom. The number of rotatable bonds is 4. The van der Waals surface area contributed by atoms with E-state index in [2.05, 4.69) is 67.6 Å². The van der Waals surface area contributed by atoms with E-state index in [1.54, 1.807) is 0 Å². The summed E-state index contributed by atoms with van der Waals surface area (Å²) in [6.45, 7) is 10.2. The van der Waals surface area contributed by atoms with Crippen molar-refractivity contribution in [1.82, 2.24) is 10.6 Å². The molecule has 1 rings (SSSR count). The van der Waals surface area contributed by atoms with Crippen molar-refractivity contribution in [3.8, 4) is 0 Å². The van der Waals surface area contributed by atoms with Gasteiger partial charge >= 0.3 is 0 Å². The number of aliphatic imine (C=N–C) groups is 1. The predicted octanol–water partition coefficient (Wildman–Crippen LogP) is 3.20. The lowest BCUT2D eigenvalue weighted by molar-refractivity contribution is 0.501. The molecule has 0 aliphatic heterocycles. The zero-order valence-corrected chi connectivity index (χ0v) is 14.7. The fourth-order valence-corrected chi connectivity index (χ4v) is 1.60. The fraction of sp³-hybridized carbons (Fsp3) is 0.533. The average Bonchev–Trinajstić information content (AvgIpc) is 2.28. The van der Waals surface area contributed by atoms with Gasteiger partial charge < -0.3 is 10.6 Å². The first-order chi connectivity index (χ1) is 8.51. The molecule has 0 bridgehead atoms. The predicted molar refractivity (Wildman–Crippen MR) is 94.4 cm³/mol. The van der Waals surface area contributed by atoms with Crippen LogP contribution in [0, 0.1) is 0 Å². The first-order valence-corrected chi connectivity index (χ1v) is 6.61. The average molecular weight is 375 g/mol. The van der Waals surface area contributed by atoms with Crippen LogP contribution in [-0.4, -0.2) is 24.6 Å². The first-order valence-electron chi connectivity index (χ1n) is 6.61. The van der Waals surface area contributed by atoms with Gasteiger partial charge in [-0.05, 0) is 39.7 Å². The minimum atomic E-state index is 0. The van der Waals surface area contributed by atoms with Crippen LogP contribution in [0.3, 0.4) is 0 Å². The van der Waals surface area contributed by atoms with Crippen LogP contribution >= 0.6 is 24.0 Å². The molecule has 0 radical (unpaired) electrons. The number of nitrogens with one attached hydrogen (secondary N) is 2. The molecule has 0 unspecified atom stereocenters. The van der Waals surface area contributed by atoms with Gasteiger partial charge in [0.1, 0.15) is 0 Å². The number of hydrogen-bond donors (Lipinski definition) is 2. The Morgan fingerprint density at radius 1 is 1.16 bits per heavy atom. The summed E-state index contributed by atoms with van der Waals surface area (Å²) >= 11 is 0. The van der Waals surface area contributed by atoms with Crippen LogP contribution < -0.4 is 10.6 Å². The maximum Gasteiger partial charge on any atom is 0.191 e. The summed E-state index contributed by atoms with van der Waals surface area (Å²) in [6.07, 6.45) is 0.974. The third kappa shape index (κ3) is 8.86. The quantitative estimate of drug-likeness (QED) is 0.482. The third-order valence-electron chi connectivity index (χ3n) is 2.35. The molecule has 4 heteroatoms. The van der Waals surface area contributed by atoms with Crippen LogP contribution in [0.2, 0.25) is 0 Å². The van der Waals surface area contributed by atoms with E-state index in [4.69, 9.17) is 0 Å². The molecule has 0 heterocycles. The van der Waals surface area contributed by atoms with Crippen molar-refractivity contribution in [2.45, 2.75) is 39.7 Å². The zero-order chi connectivity index (χ0) is 13.4. The summed E-state index contributed by atoms with van der Waals surface area (Å²) in [5.41, 5.74) is 1.36. The summed E-state index contributed by atoms with van der Waals surface area (Å²) in [6, 6.07) is 10.5. The minimum Gasteiger partial charge on any atom is -0.357 e. The summed E-state index contributed by atoms with van der Waals surface area (Å²) in [5.74, 6) is 0.890. The SMILES string of the molecule is CCNC(=NCCc1ccccc1)NC(C)(C)C.I. The molecular weight excluding hydrogens is 349 g/mol. The van der Waals surface area contributed by atoms with E-state index in [1.165, 1.54) is 5.56 Å². The van der Waals surface area contributed by atoms with Crippen molar-refractivity contribution in [1.29, 1.82) is 0 Å². The molecule has 0 atom stereocenters. The van der Waals surface area contributed by atoms with E-state index in [-0.39, 0.29) is 29.5 Å².